The van der Waals surface area contributed by atoms with Crippen molar-refractivity contribution in [3.8, 4) is 5.75 Å². The average molecular weight is 491 g/mol. The lowest BCUT2D eigenvalue weighted by Crippen LogP contribution is -2.40. The third-order valence-corrected chi connectivity index (χ3v) is 6.69. The smallest absolute Gasteiger partial charge is 0.258 e. The van der Waals surface area contributed by atoms with E-state index in [1.165, 1.54) is 5.56 Å². The first kappa shape index (κ1) is 24.3. The van der Waals surface area contributed by atoms with E-state index in [0.717, 1.165) is 28.7 Å². The molecule has 0 saturated heterocycles. The van der Waals surface area contributed by atoms with Crippen molar-refractivity contribution in [2.24, 2.45) is 0 Å². The molecule has 1 N–H and O–H groups in total. The van der Waals surface area contributed by atoms with Crippen molar-refractivity contribution in [1.29, 1.82) is 0 Å². The molecule has 0 spiro atoms. The zero-order chi connectivity index (χ0) is 25.6. The molecule has 0 radical (unpaired) electrons. The third kappa shape index (κ3) is 5.72. The summed E-state index contributed by atoms with van der Waals surface area (Å²) < 4.78 is 5.90. The van der Waals surface area contributed by atoms with E-state index in [4.69, 9.17) is 4.74 Å². The molecule has 1 aliphatic heterocycles. The molecule has 0 bridgehead atoms. The van der Waals surface area contributed by atoms with Gasteiger partial charge < -0.3 is 15.0 Å². The molecule has 5 heteroatoms. The van der Waals surface area contributed by atoms with Crippen LogP contribution < -0.4 is 10.1 Å². The van der Waals surface area contributed by atoms with Gasteiger partial charge in [0.15, 0.2) is 6.61 Å². The Morgan fingerprint density at radius 2 is 1.65 bits per heavy atom. The summed E-state index contributed by atoms with van der Waals surface area (Å²) in [6, 6.07) is 33.2. The van der Waals surface area contributed by atoms with Crippen LogP contribution in [0.3, 0.4) is 0 Å². The number of rotatable bonds is 7. The number of fused-ring (bicyclic) bond motifs is 1. The van der Waals surface area contributed by atoms with Gasteiger partial charge in [0.25, 0.3) is 11.8 Å². The Labute approximate surface area is 217 Å². The van der Waals surface area contributed by atoms with Gasteiger partial charge in [0.05, 0.1) is 6.04 Å². The molecular weight excluding hydrogens is 460 g/mol. The van der Waals surface area contributed by atoms with Gasteiger partial charge in [0, 0.05) is 18.7 Å². The van der Waals surface area contributed by atoms with E-state index in [0.29, 0.717) is 24.4 Å². The highest BCUT2D eigenvalue weighted by Crippen LogP contribution is 2.38. The predicted molar refractivity (Wildman–Crippen MR) is 144 cm³/mol. The van der Waals surface area contributed by atoms with Crippen molar-refractivity contribution in [2.45, 2.75) is 25.9 Å². The fourth-order valence-electron chi connectivity index (χ4n) is 4.84. The van der Waals surface area contributed by atoms with Crippen LogP contribution in [-0.2, 0) is 17.8 Å². The van der Waals surface area contributed by atoms with Gasteiger partial charge in [-0.15, -0.1) is 0 Å². The largest absolute Gasteiger partial charge is 0.484 e. The van der Waals surface area contributed by atoms with E-state index in [2.05, 4.69) is 36.5 Å². The molecule has 1 heterocycles. The van der Waals surface area contributed by atoms with Gasteiger partial charge in [-0.2, -0.15) is 0 Å². The minimum absolute atomic E-state index is 0.00404. The molecule has 186 valence electrons. The van der Waals surface area contributed by atoms with Crippen LogP contribution in [0.1, 0.15) is 44.2 Å². The van der Waals surface area contributed by atoms with Crippen LogP contribution in [-0.4, -0.2) is 29.9 Å². The molecule has 0 saturated carbocycles. The normalized spacial score (nSPS) is 14.5. The molecule has 0 fully saturated rings. The van der Waals surface area contributed by atoms with Gasteiger partial charge >= 0.3 is 0 Å². The lowest BCUT2D eigenvalue weighted by atomic mass is 9.87. The maximum Gasteiger partial charge on any atom is 0.258 e. The first-order valence-corrected chi connectivity index (χ1v) is 12.6. The molecule has 1 atom stereocenters. The van der Waals surface area contributed by atoms with E-state index in [9.17, 15) is 9.59 Å². The molecule has 5 nitrogen and oxygen atoms in total. The number of ether oxygens (including phenoxy) is 1. The van der Waals surface area contributed by atoms with Gasteiger partial charge in [0.2, 0.25) is 0 Å². The molecule has 0 aromatic heterocycles. The SMILES string of the molecule is Cc1cccc(C2c3cc(OCC(=O)NCc4ccccc4)ccc3CCN2C(=O)c2ccccc2)c1. The van der Waals surface area contributed by atoms with Crippen LogP contribution in [0.25, 0.3) is 0 Å². The second kappa shape index (κ2) is 11.1. The van der Waals surface area contributed by atoms with Gasteiger partial charge in [-0.1, -0.05) is 84.4 Å². The second-order valence-corrected chi connectivity index (χ2v) is 9.34. The van der Waals surface area contributed by atoms with Crippen molar-refractivity contribution in [3.63, 3.8) is 0 Å². The number of carbonyl (C=O) groups is 2. The summed E-state index contributed by atoms with van der Waals surface area (Å²) in [7, 11) is 0. The minimum Gasteiger partial charge on any atom is -0.484 e. The van der Waals surface area contributed by atoms with Crippen molar-refractivity contribution >= 4 is 11.8 Å². The van der Waals surface area contributed by atoms with Gasteiger partial charge in [-0.05, 0) is 59.9 Å². The fraction of sp³-hybridized carbons (Fsp3) is 0.188. The van der Waals surface area contributed by atoms with Gasteiger partial charge in [-0.3, -0.25) is 9.59 Å². The Kier molecular flexibility index (Phi) is 7.31. The van der Waals surface area contributed by atoms with E-state index < -0.39 is 0 Å². The molecule has 4 aromatic carbocycles. The number of amides is 2. The van der Waals surface area contributed by atoms with Gasteiger partial charge in [0.1, 0.15) is 5.75 Å². The Morgan fingerprint density at radius 1 is 0.892 bits per heavy atom. The minimum atomic E-state index is -0.244. The maximum absolute atomic E-state index is 13.6. The molecule has 1 unspecified atom stereocenters. The number of benzene rings is 4. The maximum atomic E-state index is 13.6. The number of nitrogens with one attached hydrogen (secondary N) is 1. The summed E-state index contributed by atoms with van der Waals surface area (Å²) in [6.45, 7) is 3.07. The molecule has 0 aliphatic carbocycles. The monoisotopic (exact) mass is 490 g/mol. The van der Waals surface area contributed by atoms with Crippen LogP contribution in [0.2, 0.25) is 0 Å². The number of hydrogen-bond acceptors (Lipinski definition) is 3. The predicted octanol–water partition coefficient (Wildman–Crippen LogP) is 5.48. The summed E-state index contributed by atoms with van der Waals surface area (Å²) >= 11 is 0. The highest BCUT2D eigenvalue weighted by atomic mass is 16.5. The number of carbonyl (C=O) groups excluding carboxylic acids is 2. The summed E-state index contributed by atoms with van der Waals surface area (Å²) in [4.78, 5) is 28.0. The summed E-state index contributed by atoms with van der Waals surface area (Å²) in [6.07, 6.45) is 0.758. The van der Waals surface area contributed by atoms with Crippen LogP contribution in [0.5, 0.6) is 5.75 Å². The summed E-state index contributed by atoms with van der Waals surface area (Å²) in [5.74, 6) is 0.433. The molecule has 1 aliphatic rings. The first-order chi connectivity index (χ1) is 18.1. The van der Waals surface area contributed by atoms with E-state index in [-0.39, 0.29) is 24.5 Å². The Hall–Kier alpha value is -4.38. The highest BCUT2D eigenvalue weighted by molar-refractivity contribution is 5.95. The van der Waals surface area contributed by atoms with E-state index in [1.807, 2.05) is 83.8 Å². The first-order valence-electron chi connectivity index (χ1n) is 12.6. The number of nitrogens with zero attached hydrogens (tertiary/aromatic N) is 1. The fourth-order valence-corrected chi connectivity index (χ4v) is 4.84. The average Bonchev–Trinajstić information content (AvgIpc) is 2.95. The van der Waals surface area contributed by atoms with Crippen molar-refractivity contribution in [2.75, 3.05) is 13.2 Å². The van der Waals surface area contributed by atoms with Crippen LogP contribution in [0.4, 0.5) is 0 Å². The Bertz CT molecular complexity index is 1390. The highest BCUT2D eigenvalue weighted by Gasteiger charge is 2.33. The van der Waals surface area contributed by atoms with E-state index in [1.54, 1.807) is 0 Å². The molecular formula is C32H30N2O3. The van der Waals surface area contributed by atoms with E-state index >= 15 is 0 Å². The van der Waals surface area contributed by atoms with Crippen molar-refractivity contribution < 1.29 is 14.3 Å². The zero-order valence-electron chi connectivity index (χ0n) is 20.9. The Morgan fingerprint density at radius 3 is 2.41 bits per heavy atom. The lowest BCUT2D eigenvalue weighted by molar-refractivity contribution is -0.123. The molecule has 4 aromatic rings. The quantitative estimate of drug-likeness (QED) is 0.373. The molecule has 2 amide bonds. The second-order valence-electron chi connectivity index (χ2n) is 9.34. The van der Waals surface area contributed by atoms with Crippen molar-refractivity contribution in [3.05, 3.63) is 137 Å². The third-order valence-electron chi connectivity index (χ3n) is 6.69. The summed E-state index contributed by atoms with van der Waals surface area (Å²) in [5.41, 5.74) is 6.12. The topological polar surface area (TPSA) is 58.6 Å². The number of aryl methyl sites for hydroxylation is 1. The Balaban J connectivity index is 1.38. The molecule has 37 heavy (non-hydrogen) atoms. The summed E-state index contributed by atoms with van der Waals surface area (Å²) in [5, 5.41) is 2.90. The molecule has 5 rings (SSSR count). The standard InChI is InChI=1S/C32H30N2O3/c1-23-9-8-14-27(19-23)31-29-20-28(37-22-30(35)33-21-24-10-4-2-5-11-24)16-15-25(29)17-18-34(31)32(36)26-12-6-3-7-13-26/h2-16,19-20,31H,17-18,21-22H2,1H3,(H,33,35). The zero-order valence-corrected chi connectivity index (χ0v) is 20.9. The lowest BCUT2D eigenvalue weighted by Gasteiger charge is -2.38. The number of hydrogen-bond donors (Lipinski definition) is 1. The van der Waals surface area contributed by atoms with Crippen LogP contribution in [0.15, 0.2) is 103 Å². The van der Waals surface area contributed by atoms with Crippen LogP contribution >= 0.6 is 0 Å². The van der Waals surface area contributed by atoms with Crippen molar-refractivity contribution in [1.82, 2.24) is 10.2 Å². The van der Waals surface area contributed by atoms with Crippen LogP contribution in [0, 0.1) is 6.92 Å². The van der Waals surface area contributed by atoms with Gasteiger partial charge in [-0.25, -0.2) is 0 Å².